The topological polar surface area (TPSA) is 70.2 Å². The maximum atomic E-state index is 14.0. The summed E-state index contributed by atoms with van der Waals surface area (Å²) in [6.45, 7) is 3.81. The molecule has 2 aromatic carbocycles. The lowest BCUT2D eigenvalue weighted by Gasteiger charge is -2.36. The number of hydrogen-bond acceptors (Lipinski definition) is 5. The molecule has 33 heavy (non-hydrogen) atoms. The van der Waals surface area contributed by atoms with Crippen molar-refractivity contribution in [2.45, 2.75) is 19.8 Å². The molecule has 2 heterocycles. The Balaban J connectivity index is 1.25. The second-order valence-corrected chi connectivity index (χ2v) is 8.35. The number of anilines is 2. The number of aryl methyl sites for hydroxylation is 1. The summed E-state index contributed by atoms with van der Waals surface area (Å²) in [4.78, 5) is 42.5. The van der Waals surface area contributed by atoms with Crippen molar-refractivity contribution in [1.82, 2.24) is 4.90 Å². The van der Waals surface area contributed by atoms with Crippen molar-refractivity contribution >= 4 is 29.2 Å². The number of rotatable bonds is 6. The molecule has 2 saturated heterocycles. The van der Waals surface area contributed by atoms with Crippen molar-refractivity contribution in [2.24, 2.45) is 5.92 Å². The fourth-order valence-electron chi connectivity index (χ4n) is 4.27. The van der Waals surface area contributed by atoms with Crippen LogP contribution >= 0.6 is 0 Å². The minimum atomic E-state index is -0.589. The van der Waals surface area contributed by atoms with E-state index in [-0.39, 0.29) is 37.2 Å². The fraction of sp³-hybridized carbons (Fsp3) is 0.400. The smallest absolute Gasteiger partial charge is 0.311 e. The van der Waals surface area contributed by atoms with Crippen molar-refractivity contribution in [3.05, 3.63) is 59.9 Å². The van der Waals surface area contributed by atoms with E-state index in [1.54, 1.807) is 28.0 Å². The van der Waals surface area contributed by atoms with E-state index >= 15 is 0 Å². The normalized spacial score (nSPS) is 18.5. The van der Waals surface area contributed by atoms with Gasteiger partial charge in [0.05, 0.1) is 11.6 Å². The maximum Gasteiger partial charge on any atom is 0.311 e. The van der Waals surface area contributed by atoms with Gasteiger partial charge in [0.15, 0.2) is 6.61 Å². The molecule has 0 saturated carbocycles. The number of carbonyl (C=O) groups excluding carboxylic acids is 3. The van der Waals surface area contributed by atoms with Gasteiger partial charge in [-0.25, -0.2) is 4.39 Å². The molecule has 0 aromatic heterocycles. The molecule has 0 spiro atoms. The van der Waals surface area contributed by atoms with E-state index in [1.165, 1.54) is 11.6 Å². The average molecular weight is 454 g/mol. The zero-order chi connectivity index (χ0) is 23.4. The Morgan fingerprint density at radius 1 is 1.03 bits per heavy atom. The van der Waals surface area contributed by atoms with Crippen LogP contribution in [0.4, 0.5) is 15.8 Å². The van der Waals surface area contributed by atoms with Crippen LogP contribution in [0, 0.1) is 11.7 Å². The zero-order valence-electron chi connectivity index (χ0n) is 18.7. The Labute approximate surface area is 192 Å². The van der Waals surface area contributed by atoms with Gasteiger partial charge in [0.25, 0.3) is 5.91 Å². The first kappa shape index (κ1) is 22.8. The molecule has 7 nitrogen and oxygen atoms in total. The number of amides is 2. The van der Waals surface area contributed by atoms with Crippen LogP contribution in [0.3, 0.4) is 0 Å². The first-order valence-corrected chi connectivity index (χ1v) is 11.3. The summed E-state index contributed by atoms with van der Waals surface area (Å²) in [7, 11) is 0. The lowest BCUT2D eigenvalue weighted by atomic mass is 10.1. The highest BCUT2D eigenvalue weighted by atomic mass is 19.1. The number of ether oxygens (including phenoxy) is 1. The van der Waals surface area contributed by atoms with Crippen LogP contribution < -0.4 is 9.80 Å². The van der Waals surface area contributed by atoms with Gasteiger partial charge in [-0.05, 0) is 36.2 Å². The first-order valence-electron chi connectivity index (χ1n) is 11.3. The van der Waals surface area contributed by atoms with Gasteiger partial charge in [-0.3, -0.25) is 14.4 Å². The molecule has 1 atom stereocenters. The van der Waals surface area contributed by atoms with Gasteiger partial charge < -0.3 is 19.4 Å². The van der Waals surface area contributed by atoms with E-state index in [9.17, 15) is 18.8 Å². The van der Waals surface area contributed by atoms with Crippen LogP contribution in [0.2, 0.25) is 0 Å². The Bertz CT molecular complexity index is 1020. The molecule has 8 heteroatoms. The Morgan fingerprint density at radius 3 is 2.39 bits per heavy atom. The lowest BCUT2D eigenvalue weighted by Crippen LogP contribution is -2.50. The van der Waals surface area contributed by atoms with Crippen molar-refractivity contribution in [1.29, 1.82) is 0 Å². The molecule has 2 aliphatic heterocycles. The molecular weight excluding hydrogens is 425 g/mol. The highest BCUT2D eigenvalue weighted by Gasteiger charge is 2.36. The van der Waals surface area contributed by atoms with Gasteiger partial charge in [-0.2, -0.15) is 0 Å². The number of nitrogens with zero attached hydrogens (tertiary/aromatic N) is 3. The molecule has 0 radical (unpaired) electrons. The SMILES string of the molecule is CCc1ccc(N2CC(C(=O)OCC(=O)N3CCN(c4ccccc4F)CC3)CC2=O)cc1. The number of para-hydroxylation sites is 1. The molecule has 0 aliphatic carbocycles. The molecule has 4 rings (SSSR count). The van der Waals surface area contributed by atoms with Crippen LogP contribution in [-0.4, -0.2) is 62.0 Å². The quantitative estimate of drug-likeness (QED) is 0.629. The van der Waals surface area contributed by atoms with Crippen molar-refractivity contribution < 1.29 is 23.5 Å². The van der Waals surface area contributed by atoms with E-state index in [4.69, 9.17) is 4.74 Å². The van der Waals surface area contributed by atoms with Gasteiger partial charge in [-0.15, -0.1) is 0 Å². The molecule has 1 unspecified atom stereocenters. The van der Waals surface area contributed by atoms with Crippen LogP contribution in [0.15, 0.2) is 48.5 Å². The van der Waals surface area contributed by atoms with Crippen LogP contribution in [0.5, 0.6) is 0 Å². The summed E-state index contributed by atoms with van der Waals surface area (Å²) < 4.78 is 19.2. The summed E-state index contributed by atoms with van der Waals surface area (Å²) in [6, 6.07) is 14.3. The minimum absolute atomic E-state index is 0.0733. The monoisotopic (exact) mass is 453 g/mol. The van der Waals surface area contributed by atoms with Gasteiger partial charge in [-0.1, -0.05) is 31.2 Å². The van der Waals surface area contributed by atoms with Crippen LogP contribution in [-0.2, 0) is 25.5 Å². The third kappa shape index (κ3) is 5.16. The van der Waals surface area contributed by atoms with Crippen molar-refractivity contribution in [3.8, 4) is 0 Å². The van der Waals surface area contributed by atoms with E-state index in [2.05, 4.69) is 6.92 Å². The van der Waals surface area contributed by atoms with Gasteiger partial charge in [0.1, 0.15) is 5.82 Å². The van der Waals surface area contributed by atoms with Crippen molar-refractivity contribution in [3.63, 3.8) is 0 Å². The molecule has 0 bridgehead atoms. The molecular formula is C25H28FN3O4. The van der Waals surface area contributed by atoms with E-state index < -0.39 is 11.9 Å². The number of hydrogen-bond donors (Lipinski definition) is 0. The Kier molecular flexibility index (Phi) is 6.91. The summed E-state index contributed by atoms with van der Waals surface area (Å²) in [5.74, 6) is -1.82. The number of piperazine rings is 1. The standard InChI is InChI=1S/C25H28FN3O4/c1-2-18-7-9-20(10-8-18)29-16-19(15-23(29)30)25(32)33-17-24(31)28-13-11-27(12-14-28)22-6-4-3-5-21(22)26/h3-10,19H,2,11-17H2,1H3. The molecule has 0 N–H and O–H groups in total. The second kappa shape index (κ2) is 10.0. The average Bonchev–Trinajstić information content (AvgIpc) is 3.24. The highest BCUT2D eigenvalue weighted by Crippen LogP contribution is 2.26. The third-order valence-corrected chi connectivity index (χ3v) is 6.28. The largest absolute Gasteiger partial charge is 0.455 e. The first-order chi connectivity index (χ1) is 16.0. The van der Waals surface area contributed by atoms with E-state index in [0.29, 0.717) is 31.9 Å². The predicted molar refractivity (Wildman–Crippen MR) is 122 cm³/mol. The van der Waals surface area contributed by atoms with E-state index in [0.717, 1.165) is 12.1 Å². The van der Waals surface area contributed by atoms with Gasteiger partial charge >= 0.3 is 5.97 Å². The van der Waals surface area contributed by atoms with Crippen LogP contribution in [0.25, 0.3) is 0 Å². The number of esters is 1. The Hall–Kier alpha value is -3.42. The van der Waals surface area contributed by atoms with Crippen LogP contribution in [0.1, 0.15) is 18.9 Å². The number of benzene rings is 2. The fourth-order valence-corrected chi connectivity index (χ4v) is 4.27. The minimum Gasteiger partial charge on any atom is -0.455 e. The summed E-state index contributed by atoms with van der Waals surface area (Å²) in [5.41, 5.74) is 2.46. The molecule has 2 aliphatic rings. The summed E-state index contributed by atoms with van der Waals surface area (Å²) >= 11 is 0. The third-order valence-electron chi connectivity index (χ3n) is 6.28. The molecule has 174 valence electrons. The number of carbonyl (C=O) groups is 3. The number of halogens is 1. The zero-order valence-corrected chi connectivity index (χ0v) is 18.7. The van der Waals surface area contributed by atoms with Gasteiger partial charge in [0.2, 0.25) is 5.91 Å². The predicted octanol–water partition coefficient (Wildman–Crippen LogP) is 2.63. The maximum absolute atomic E-state index is 14.0. The summed E-state index contributed by atoms with van der Waals surface area (Å²) in [5, 5.41) is 0. The molecule has 2 aromatic rings. The molecule has 2 amide bonds. The second-order valence-electron chi connectivity index (χ2n) is 8.35. The van der Waals surface area contributed by atoms with Gasteiger partial charge in [0, 0.05) is 44.8 Å². The highest BCUT2D eigenvalue weighted by molar-refractivity contribution is 5.99. The van der Waals surface area contributed by atoms with E-state index in [1.807, 2.05) is 29.2 Å². The summed E-state index contributed by atoms with van der Waals surface area (Å²) in [6.07, 6.45) is 0.985. The van der Waals surface area contributed by atoms with Crippen molar-refractivity contribution in [2.75, 3.05) is 49.1 Å². The Morgan fingerprint density at radius 2 is 1.73 bits per heavy atom. The lowest BCUT2D eigenvalue weighted by molar-refractivity contribution is -0.155. The molecule has 2 fully saturated rings.